The van der Waals surface area contributed by atoms with Crippen molar-refractivity contribution < 1.29 is 4.52 Å². The molecule has 2 saturated carbocycles. The van der Waals surface area contributed by atoms with Gasteiger partial charge >= 0.3 is 0 Å². The Balaban J connectivity index is 1.60. The molecule has 3 unspecified atom stereocenters. The van der Waals surface area contributed by atoms with Crippen LogP contribution in [0.5, 0.6) is 0 Å². The van der Waals surface area contributed by atoms with Crippen LogP contribution >= 0.6 is 0 Å². The van der Waals surface area contributed by atoms with Crippen LogP contribution < -0.4 is 5.73 Å². The standard InChI is InChI=1S/C14H24N4O/c1-3-18(4-2)8-12(15)13-16-14(19-17-13)11-6-9-5-10(9)7-11/h9-12H,3-8,15H2,1-2H3. The van der Waals surface area contributed by atoms with Crippen LogP contribution in [0.25, 0.3) is 0 Å². The van der Waals surface area contributed by atoms with Crippen LogP contribution in [-0.4, -0.2) is 34.7 Å². The quantitative estimate of drug-likeness (QED) is 0.850. The highest BCUT2D eigenvalue weighted by atomic mass is 16.5. The molecule has 2 aliphatic rings. The van der Waals surface area contributed by atoms with Crippen molar-refractivity contribution in [2.24, 2.45) is 17.6 Å². The fourth-order valence-corrected chi connectivity index (χ4v) is 3.32. The Morgan fingerprint density at radius 3 is 2.58 bits per heavy atom. The minimum atomic E-state index is -0.145. The van der Waals surface area contributed by atoms with Gasteiger partial charge in [0, 0.05) is 12.5 Å². The third-order valence-corrected chi connectivity index (χ3v) is 4.73. The number of nitrogens with zero attached hydrogens (tertiary/aromatic N) is 3. The highest BCUT2D eigenvalue weighted by Gasteiger charge is 2.47. The largest absolute Gasteiger partial charge is 0.339 e. The fourth-order valence-electron chi connectivity index (χ4n) is 3.32. The van der Waals surface area contributed by atoms with Crippen LogP contribution in [0, 0.1) is 11.8 Å². The molecule has 19 heavy (non-hydrogen) atoms. The first-order chi connectivity index (χ1) is 9.21. The lowest BCUT2D eigenvalue weighted by Gasteiger charge is -2.20. The molecule has 0 aliphatic heterocycles. The number of nitrogens with two attached hydrogens (primary N) is 1. The number of fused-ring (bicyclic) bond motifs is 1. The van der Waals surface area contributed by atoms with E-state index < -0.39 is 0 Å². The van der Waals surface area contributed by atoms with E-state index in [4.69, 9.17) is 10.3 Å². The minimum absolute atomic E-state index is 0.145. The smallest absolute Gasteiger partial charge is 0.229 e. The maximum atomic E-state index is 6.17. The predicted molar refractivity (Wildman–Crippen MR) is 72.6 cm³/mol. The van der Waals surface area contributed by atoms with E-state index in [0.717, 1.165) is 37.4 Å². The molecule has 3 rings (SSSR count). The molecule has 1 aromatic heterocycles. The number of likely N-dealkylation sites (N-methyl/N-ethyl adjacent to an activating group) is 1. The Kier molecular flexibility index (Phi) is 3.58. The molecular weight excluding hydrogens is 240 g/mol. The summed E-state index contributed by atoms with van der Waals surface area (Å²) in [5.74, 6) is 3.85. The van der Waals surface area contributed by atoms with Crippen molar-refractivity contribution in [3.63, 3.8) is 0 Å². The molecule has 1 aromatic rings. The minimum Gasteiger partial charge on any atom is -0.339 e. The lowest BCUT2D eigenvalue weighted by Crippen LogP contribution is -2.32. The number of aromatic nitrogens is 2. The van der Waals surface area contributed by atoms with Gasteiger partial charge in [0.25, 0.3) is 0 Å². The summed E-state index contributed by atoms with van der Waals surface area (Å²) in [7, 11) is 0. The van der Waals surface area contributed by atoms with Crippen molar-refractivity contribution in [2.75, 3.05) is 19.6 Å². The Hall–Kier alpha value is -0.940. The Morgan fingerprint density at radius 2 is 1.95 bits per heavy atom. The molecular formula is C14H24N4O. The van der Waals surface area contributed by atoms with Gasteiger partial charge in [-0.2, -0.15) is 4.98 Å². The van der Waals surface area contributed by atoms with Crippen molar-refractivity contribution in [2.45, 2.75) is 45.1 Å². The van der Waals surface area contributed by atoms with Crippen molar-refractivity contribution in [1.82, 2.24) is 15.0 Å². The van der Waals surface area contributed by atoms with Crippen LogP contribution in [0.1, 0.15) is 56.8 Å². The summed E-state index contributed by atoms with van der Waals surface area (Å²) in [6.45, 7) is 7.08. The SMILES string of the molecule is CCN(CC)CC(N)c1noc(C2CC3CC3C2)n1. The lowest BCUT2D eigenvalue weighted by molar-refractivity contribution is 0.276. The zero-order valence-corrected chi connectivity index (χ0v) is 11.9. The van der Waals surface area contributed by atoms with Gasteiger partial charge in [-0.05, 0) is 44.2 Å². The summed E-state index contributed by atoms with van der Waals surface area (Å²) in [4.78, 5) is 6.82. The van der Waals surface area contributed by atoms with Gasteiger partial charge in [-0.1, -0.05) is 19.0 Å². The monoisotopic (exact) mass is 264 g/mol. The van der Waals surface area contributed by atoms with Gasteiger partial charge in [0.15, 0.2) is 5.82 Å². The summed E-state index contributed by atoms with van der Waals surface area (Å²) in [6.07, 6.45) is 3.88. The number of rotatable bonds is 6. The number of hydrogen-bond donors (Lipinski definition) is 1. The third kappa shape index (κ3) is 2.67. The molecule has 0 aromatic carbocycles. The van der Waals surface area contributed by atoms with Gasteiger partial charge in [0.2, 0.25) is 5.89 Å². The first-order valence-corrected chi connectivity index (χ1v) is 7.52. The lowest BCUT2D eigenvalue weighted by atomic mass is 10.0. The molecule has 0 bridgehead atoms. The first kappa shape index (κ1) is 13.1. The van der Waals surface area contributed by atoms with E-state index in [1.165, 1.54) is 19.3 Å². The Bertz CT molecular complexity index is 419. The van der Waals surface area contributed by atoms with Crippen molar-refractivity contribution in [1.29, 1.82) is 0 Å². The molecule has 0 spiro atoms. The maximum absolute atomic E-state index is 6.17. The molecule has 0 saturated heterocycles. The van der Waals surface area contributed by atoms with E-state index in [0.29, 0.717) is 11.7 Å². The Morgan fingerprint density at radius 1 is 1.26 bits per heavy atom. The molecule has 1 heterocycles. The molecule has 5 heteroatoms. The van der Waals surface area contributed by atoms with Gasteiger partial charge < -0.3 is 15.2 Å². The Labute approximate surface area is 114 Å². The molecule has 2 aliphatic carbocycles. The van der Waals surface area contributed by atoms with E-state index in [1.54, 1.807) is 0 Å². The van der Waals surface area contributed by atoms with E-state index in [1.807, 2.05) is 0 Å². The summed E-state index contributed by atoms with van der Waals surface area (Å²) in [5, 5.41) is 4.08. The summed E-state index contributed by atoms with van der Waals surface area (Å²) >= 11 is 0. The fraction of sp³-hybridized carbons (Fsp3) is 0.857. The average molecular weight is 264 g/mol. The van der Waals surface area contributed by atoms with E-state index in [2.05, 4.69) is 28.9 Å². The van der Waals surface area contributed by atoms with Gasteiger partial charge in [-0.25, -0.2) is 0 Å². The summed E-state index contributed by atoms with van der Waals surface area (Å²) in [6, 6.07) is -0.145. The second kappa shape index (κ2) is 5.21. The molecule has 2 N–H and O–H groups in total. The second-order valence-electron chi connectivity index (χ2n) is 6.01. The topological polar surface area (TPSA) is 68.2 Å². The highest BCUT2D eigenvalue weighted by molar-refractivity contribution is 5.07. The van der Waals surface area contributed by atoms with Crippen molar-refractivity contribution in [3.05, 3.63) is 11.7 Å². The van der Waals surface area contributed by atoms with Gasteiger partial charge in [-0.3, -0.25) is 0 Å². The molecule has 5 nitrogen and oxygen atoms in total. The molecule has 106 valence electrons. The molecule has 3 atom stereocenters. The van der Waals surface area contributed by atoms with Crippen LogP contribution in [-0.2, 0) is 0 Å². The van der Waals surface area contributed by atoms with Crippen LogP contribution in [0.4, 0.5) is 0 Å². The van der Waals surface area contributed by atoms with Gasteiger partial charge in [0.1, 0.15) is 0 Å². The highest BCUT2D eigenvalue weighted by Crippen LogP contribution is 2.57. The zero-order chi connectivity index (χ0) is 13.4. The van der Waals surface area contributed by atoms with Crippen LogP contribution in [0.15, 0.2) is 4.52 Å². The summed E-state index contributed by atoms with van der Waals surface area (Å²) in [5.41, 5.74) is 6.17. The molecule has 0 radical (unpaired) electrons. The molecule has 0 amide bonds. The normalized spacial score (nSPS) is 30.6. The predicted octanol–water partition coefficient (Wildman–Crippen LogP) is 1.92. The maximum Gasteiger partial charge on any atom is 0.229 e. The second-order valence-corrected chi connectivity index (χ2v) is 6.01. The van der Waals surface area contributed by atoms with Gasteiger partial charge in [0.05, 0.1) is 6.04 Å². The van der Waals surface area contributed by atoms with E-state index in [9.17, 15) is 0 Å². The first-order valence-electron chi connectivity index (χ1n) is 7.52. The number of hydrogen-bond acceptors (Lipinski definition) is 5. The van der Waals surface area contributed by atoms with E-state index >= 15 is 0 Å². The van der Waals surface area contributed by atoms with Crippen molar-refractivity contribution in [3.8, 4) is 0 Å². The molecule has 2 fully saturated rings. The zero-order valence-electron chi connectivity index (χ0n) is 11.9. The summed E-state index contributed by atoms with van der Waals surface area (Å²) < 4.78 is 5.43. The van der Waals surface area contributed by atoms with Crippen LogP contribution in [0.2, 0.25) is 0 Å². The van der Waals surface area contributed by atoms with Crippen molar-refractivity contribution >= 4 is 0 Å². The van der Waals surface area contributed by atoms with Gasteiger partial charge in [-0.15, -0.1) is 0 Å². The van der Waals surface area contributed by atoms with Crippen LogP contribution in [0.3, 0.4) is 0 Å². The average Bonchev–Trinajstić information content (AvgIpc) is 2.86. The van der Waals surface area contributed by atoms with E-state index in [-0.39, 0.29) is 6.04 Å². The third-order valence-electron chi connectivity index (χ3n) is 4.73.